The van der Waals surface area contributed by atoms with Crippen LogP contribution in [0, 0.1) is 0 Å². The third-order valence-corrected chi connectivity index (χ3v) is 4.31. The van der Waals surface area contributed by atoms with E-state index in [1.54, 1.807) is 31.1 Å². The lowest BCUT2D eigenvalue weighted by Crippen LogP contribution is -2.35. The normalized spacial score (nSPS) is 13.3. The van der Waals surface area contributed by atoms with E-state index >= 15 is 0 Å². The number of phenolic OH excluding ortho intramolecular Hbond substituents is 2. The van der Waals surface area contributed by atoms with Crippen LogP contribution in [-0.4, -0.2) is 47.6 Å². The Balaban J connectivity index is 1.96. The van der Waals surface area contributed by atoms with Crippen molar-refractivity contribution >= 4 is 17.5 Å². The van der Waals surface area contributed by atoms with Crippen LogP contribution in [0.25, 0.3) is 0 Å². The zero-order valence-corrected chi connectivity index (χ0v) is 14.2. The fraction of sp³-hybridized carbons (Fsp3) is 0.263. The van der Waals surface area contributed by atoms with Crippen molar-refractivity contribution in [1.82, 2.24) is 4.90 Å². The first-order valence-corrected chi connectivity index (χ1v) is 8.07. The maximum absolute atomic E-state index is 12.8. The molecule has 1 aliphatic heterocycles. The summed E-state index contributed by atoms with van der Waals surface area (Å²) >= 11 is 0. The Labute approximate surface area is 145 Å². The number of nitrogens with zero attached hydrogens (tertiary/aromatic N) is 2. The number of benzene rings is 2. The SMILES string of the molecule is CN(C)C(=O)c1ccc2c(c1)CCCN2C(=O)c1ccc(O)cc1O. The van der Waals surface area contributed by atoms with Gasteiger partial charge in [-0.25, -0.2) is 0 Å². The van der Waals surface area contributed by atoms with Gasteiger partial charge in [0.2, 0.25) is 0 Å². The van der Waals surface area contributed by atoms with Gasteiger partial charge in [-0.1, -0.05) is 0 Å². The molecule has 2 aromatic carbocycles. The van der Waals surface area contributed by atoms with Gasteiger partial charge in [0.15, 0.2) is 0 Å². The van der Waals surface area contributed by atoms with Crippen LogP contribution >= 0.6 is 0 Å². The molecule has 1 aliphatic rings. The molecule has 1 heterocycles. The van der Waals surface area contributed by atoms with Gasteiger partial charge in [-0.2, -0.15) is 0 Å². The van der Waals surface area contributed by atoms with Gasteiger partial charge in [-0.3, -0.25) is 9.59 Å². The predicted octanol–water partition coefficient (Wildman–Crippen LogP) is 2.39. The van der Waals surface area contributed by atoms with Gasteiger partial charge in [0.25, 0.3) is 11.8 Å². The van der Waals surface area contributed by atoms with Crippen LogP contribution in [0.4, 0.5) is 5.69 Å². The van der Waals surface area contributed by atoms with Gasteiger partial charge in [0.1, 0.15) is 11.5 Å². The second kappa shape index (κ2) is 6.47. The zero-order valence-electron chi connectivity index (χ0n) is 14.2. The minimum absolute atomic E-state index is 0.0811. The summed E-state index contributed by atoms with van der Waals surface area (Å²) in [7, 11) is 3.40. The van der Waals surface area contributed by atoms with E-state index in [0.717, 1.165) is 30.2 Å². The van der Waals surface area contributed by atoms with Crippen LogP contribution in [0.15, 0.2) is 36.4 Å². The summed E-state index contributed by atoms with van der Waals surface area (Å²) in [6, 6.07) is 9.25. The fourth-order valence-corrected chi connectivity index (χ4v) is 3.05. The molecule has 0 spiro atoms. The lowest BCUT2D eigenvalue weighted by molar-refractivity contribution is 0.0827. The van der Waals surface area contributed by atoms with Gasteiger partial charge in [0, 0.05) is 38.0 Å². The molecule has 2 aromatic rings. The third kappa shape index (κ3) is 3.15. The standard InChI is InChI=1S/C19H20N2O4/c1-20(2)18(24)13-5-8-16-12(10-13)4-3-9-21(16)19(25)15-7-6-14(22)11-17(15)23/h5-8,10-11,22-23H,3-4,9H2,1-2H3. The van der Waals surface area contributed by atoms with Crippen molar-refractivity contribution < 1.29 is 19.8 Å². The van der Waals surface area contributed by atoms with E-state index in [1.165, 1.54) is 17.0 Å². The lowest BCUT2D eigenvalue weighted by Gasteiger charge is -2.30. The van der Waals surface area contributed by atoms with E-state index < -0.39 is 0 Å². The molecule has 6 heteroatoms. The molecule has 0 fully saturated rings. The van der Waals surface area contributed by atoms with Gasteiger partial charge in [-0.15, -0.1) is 0 Å². The van der Waals surface area contributed by atoms with Crippen LogP contribution in [0.3, 0.4) is 0 Å². The Morgan fingerprint density at radius 3 is 2.52 bits per heavy atom. The van der Waals surface area contributed by atoms with Gasteiger partial charge >= 0.3 is 0 Å². The summed E-state index contributed by atoms with van der Waals surface area (Å²) in [5.41, 5.74) is 2.41. The van der Waals surface area contributed by atoms with Crippen LogP contribution in [0.1, 0.15) is 32.7 Å². The highest BCUT2D eigenvalue weighted by molar-refractivity contribution is 6.08. The molecule has 3 rings (SSSR count). The molecule has 0 saturated carbocycles. The number of carbonyl (C=O) groups is 2. The number of phenols is 2. The average Bonchev–Trinajstić information content (AvgIpc) is 2.59. The third-order valence-electron chi connectivity index (χ3n) is 4.31. The Morgan fingerprint density at radius 2 is 1.84 bits per heavy atom. The average molecular weight is 340 g/mol. The maximum atomic E-state index is 12.8. The maximum Gasteiger partial charge on any atom is 0.262 e. The molecular weight excluding hydrogens is 320 g/mol. The van der Waals surface area contributed by atoms with Crippen molar-refractivity contribution in [2.24, 2.45) is 0 Å². The number of hydrogen-bond donors (Lipinski definition) is 2. The summed E-state index contributed by atoms with van der Waals surface area (Å²) in [4.78, 5) is 28.1. The van der Waals surface area contributed by atoms with Gasteiger partial charge < -0.3 is 20.0 Å². The lowest BCUT2D eigenvalue weighted by atomic mass is 9.98. The molecule has 0 unspecified atom stereocenters. The molecule has 0 bridgehead atoms. The molecule has 0 aliphatic carbocycles. The van der Waals surface area contributed by atoms with Crippen LogP contribution < -0.4 is 4.90 Å². The van der Waals surface area contributed by atoms with E-state index in [0.29, 0.717) is 12.1 Å². The molecular formula is C19H20N2O4. The first-order valence-electron chi connectivity index (χ1n) is 8.07. The van der Waals surface area contributed by atoms with Crippen LogP contribution in [0.2, 0.25) is 0 Å². The second-order valence-electron chi connectivity index (χ2n) is 6.30. The minimum atomic E-state index is -0.329. The summed E-state index contributed by atoms with van der Waals surface area (Å²) in [5.74, 6) is -0.760. The molecule has 0 saturated heterocycles. The topological polar surface area (TPSA) is 81.1 Å². The van der Waals surface area contributed by atoms with Crippen molar-refractivity contribution in [3.05, 3.63) is 53.1 Å². The highest BCUT2D eigenvalue weighted by atomic mass is 16.3. The molecule has 2 N–H and O–H groups in total. The number of aryl methyl sites for hydroxylation is 1. The van der Waals surface area contributed by atoms with Gasteiger partial charge in [-0.05, 0) is 48.7 Å². The Hall–Kier alpha value is -3.02. The van der Waals surface area contributed by atoms with Crippen molar-refractivity contribution in [3.63, 3.8) is 0 Å². The largest absolute Gasteiger partial charge is 0.508 e. The molecule has 25 heavy (non-hydrogen) atoms. The Morgan fingerprint density at radius 1 is 1.08 bits per heavy atom. The number of hydrogen-bond acceptors (Lipinski definition) is 4. The predicted molar refractivity (Wildman–Crippen MR) is 94.2 cm³/mol. The zero-order chi connectivity index (χ0) is 18.1. The molecule has 6 nitrogen and oxygen atoms in total. The summed E-state index contributed by atoms with van der Waals surface area (Å²) in [6.45, 7) is 0.535. The highest BCUT2D eigenvalue weighted by Crippen LogP contribution is 2.32. The number of fused-ring (bicyclic) bond motifs is 1. The van der Waals surface area contributed by atoms with Crippen molar-refractivity contribution in [1.29, 1.82) is 0 Å². The van der Waals surface area contributed by atoms with E-state index in [9.17, 15) is 19.8 Å². The van der Waals surface area contributed by atoms with Gasteiger partial charge in [0.05, 0.1) is 5.56 Å². The summed E-state index contributed by atoms with van der Waals surface area (Å²) in [6.07, 6.45) is 1.56. The molecule has 0 aromatic heterocycles. The van der Waals surface area contributed by atoms with Crippen LogP contribution in [0.5, 0.6) is 11.5 Å². The number of amides is 2. The van der Waals surface area contributed by atoms with Crippen molar-refractivity contribution in [2.45, 2.75) is 12.8 Å². The smallest absolute Gasteiger partial charge is 0.262 e. The highest BCUT2D eigenvalue weighted by Gasteiger charge is 2.26. The Kier molecular flexibility index (Phi) is 4.35. The minimum Gasteiger partial charge on any atom is -0.508 e. The Bertz CT molecular complexity index is 845. The number of anilines is 1. The number of rotatable bonds is 2. The first kappa shape index (κ1) is 16.8. The second-order valence-corrected chi connectivity index (χ2v) is 6.30. The summed E-state index contributed by atoms with van der Waals surface area (Å²) < 4.78 is 0. The van der Waals surface area contributed by atoms with E-state index in [-0.39, 0.29) is 28.9 Å². The van der Waals surface area contributed by atoms with E-state index in [2.05, 4.69) is 0 Å². The first-order chi connectivity index (χ1) is 11.9. The number of carbonyl (C=O) groups excluding carboxylic acids is 2. The quantitative estimate of drug-likeness (QED) is 0.880. The fourth-order valence-electron chi connectivity index (χ4n) is 3.05. The van der Waals surface area contributed by atoms with E-state index in [1.807, 2.05) is 6.07 Å². The van der Waals surface area contributed by atoms with Crippen LogP contribution in [-0.2, 0) is 6.42 Å². The molecule has 0 atom stereocenters. The molecule has 2 amide bonds. The van der Waals surface area contributed by atoms with E-state index in [4.69, 9.17) is 0 Å². The van der Waals surface area contributed by atoms with Crippen molar-refractivity contribution in [2.75, 3.05) is 25.5 Å². The summed E-state index contributed by atoms with van der Waals surface area (Å²) in [5, 5.41) is 19.4. The number of aromatic hydroxyl groups is 2. The monoisotopic (exact) mass is 340 g/mol. The molecule has 0 radical (unpaired) electrons. The van der Waals surface area contributed by atoms with Crippen molar-refractivity contribution in [3.8, 4) is 11.5 Å². The molecule has 130 valence electrons.